The number of fused-ring (bicyclic) bond motifs is 2. The van der Waals surface area contributed by atoms with Crippen molar-refractivity contribution in [1.29, 1.82) is 0 Å². The standard InChI is InChI=1S/C32H22N2S2/c1-3-7-21(8-4-1)29-25-13-11-23(31-33-15-17-35-31)19-27(25)30(22-9-5-2-6-10-22)28-20-24(12-14-26(28)29)32-34-16-18-36-32/h1-15,17,19-20H,16,18H2. The zero-order valence-electron chi connectivity index (χ0n) is 19.5. The maximum absolute atomic E-state index is 4.78. The molecule has 1 aromatic heterocycles. The highest BCUT2D eigenvalue weighted by atomic mass is 32.2. The lowest BCUT2D eigenvalue weighted by molar-refractivity contribution is 1.17. The van der Waals surface area contributed by atoms with Crippen molar-refractivity contribution in [2.75, 3.05) is 12.3 Å². The van der Waals surface area contributed by atoms with E-state index in [1.165, 1.54) is 49.4 Å². The van der Waals surface area contributed by atoms with Gasteiger partial charge in [-0.15, -0.1) is 23.1 Å². The average Bonchev–Trinajstić information content (AvgIpc) is 3.67. The quantitative estimate of drug-likeness (QED) is 0.227. The molecule has 0 unspecified atom stereocenters. The Balaban J connectivity index is 1.65. The van der Waals surface area contributed by atoms with Crippen molar-refractivity contribution in [3.05, 3.63) is 114 Å². The molecule has 2 nitrogen and oxygen atoms in total. The Morgan fingerprint density at radius 2 is 1.19 bits per heavy atom. The van der Waals surface area contributed by atoms with Crippen molar-refractivity contribution in [2.45, 2.75) is 0 Å². The molecule has 0 saturated heterocycles. The third kappa shape index (κ3) is 3.65. The molecule has 36 heavy (non-hydrogen) atoms. The summed E-state index contributed by atoms with van der Waals surface area (Å²) in [5.41, 5.74) is 7.36. The summed E-state index contributed by atoms with van der Waals surface area (Å²) in [6, 6.07) is 35.3. The Morgan fingerprint density at radius 1 is 0.583 bits per heavy atom. The van der Waals surface area contributed by atoms with Gasteiger partial charge in [-0.1, -0.05) is 84.9 Å². The summed E-state index contributed by atoms with van der Waals surface area (Å²) in [4.78, 5) is 9.38. The third-order valence-electron chi connectivity index (χ3n) is 6.75. The SMILES string of the molecule is c1ccc(-c2c3ccc(C4=NCCS4)cc3c(-c3ccccc3)c3cc(-c4nccs4)ccc23)cc1. The van der Waals surface area contributed by atoms with E-state index in [9.17, 15) is 0 Å². The number of hydrogen-bond donors (Lipinski definition) is 0. The molecule has 0 spiro atoms. The second-order valence-electron chi connectivity index (χ2n) is 8.88. The van der Waals surface area contributed by atoms with Gasteiger partial charge in [0, 0.05) is 35.0 Å². The topological polar surface area (TPSA) is 25.2 Å². The second-order valence-corrected chi connectivity index (χ2v) is 10.9. The van der Waals surface area contributed by atoms with Gasteiger partial charge in [0.25, 0.3) is 0 Å². The molecule has 0 fully saturated rings. The first kappa shape index (κ1) is 21.5. The summed E-state index contributed by atoms with van der Waals surface area (Å²) >= 11 is 3.53. The monoisotopic (exact) mass is 498 g/mol. The Bertz CT molecular complexity index is 1740. The number of aromatic nitrogens is 1. The zero-order chi connectivity index (χ0) is 23.9. The van der Waals surface area contributed by atoms with Crippen LogP contribution in [0.1, 0.15) is 5.56 Å². The van der Waals surface area contributed by atoms with Gasteiger partial charge in [-0.2, -0.15) is 0 Å². The first-order valence-corrected chi connectivity index (χ1v) is 14.0. The van der Waals surface area contributed by atoms with Gasteiger partial charge in [0.05, 0.1) is 5.04 Å². The molecular formula is C32H22N2S2. The van der Waals surface area contributed by atoms with E-state index in [2.05, 4.69) is 102 Å². The summed E-state index contributed by atoms with van der Waals surface area (Å²) in [6.07, 6.45) is 1.88. The normalized spacial score (nSPS) is 13.4. The predicted octanol–water partition coefficient (Wildman–Crippen LogP) is 8.94. The van der Waals surface area contributed by atoms with E-state index >= 15 is 0 Å². The van der Waals surface area contributed by atoms with Crippen LogP contribution in [0.2, 0.25) is 0 Å². The van der Waals surface area contributed by atoms with E-state index in [0.29, 0.717) is 0 Å². The largest absolute Gasteiger partial charge is 0.277 e. The van der Waals surface area contributed by atoms with E-state index < -0.39 is 0 Å². The molecule has 0 atom stereocenters. The fourth-order valence-electron chi connectivity index (χ4n) is 5.20. The second kappa shape index (κ2) is 9.05. The van der Waals surface area contributed by atoms with Gasteiger partial charge >= 0.3 is 0 Å². The third-order valence-corrected chi connectivity index (χ3v) is 8.60. The van der Waals surface area contributed by atoms with Crippen molar-refractivity contribution in [1.82, 2.24) is 4.98 Å². The van der Waals surface area contributed by atoms with E-state index in [0.717, 1.165) is 27.9 Å². The molecule has 7 rings (SSSR count). The Labute approximate surface area is 218 Å². The fraction of sp³-hybridized carbons (Fsp3) is 0.0625. The highest BCUT2D eigenvalue weighted by Gasteiger charge is 2.19. The van der Waals surface area contributed by atoms with Gasteiger partial charge in [-0.25, -0.2) is 4.98 Å². The van der Waals surface area contributed by atoms with Crippen molar-refractivity contribution < 1.29 is 0 Å². The van der Waals surface area contributed by atoms with Crippen LogP contribution in [0, 0.1) is 0 Å². The van der Waals surface area contributed by atoms with Crippen LogP contribution < -0.4 is 0 Å². The van der Waals surface area contributed by atoms with E-state index in [1.807, 2.05) is 23.3 Å². The minimum absolute atomic E-state index is 0.897. The summed E-state index contributed by atoms with van der Waals surface area (Å²) in [6.45, 7) is 0.897. The van der Waals surface area contributed by atoms with Crippen LogP contribution in [-0.4, -0.2) is 22.3 Å². The molecule has 6 aromatic rings. The van der Waals surface area contributed by atoms with Crippen molar-refractivity contribution in [2.24, 2.45) is 4.99 Å². The van der Waals surface area contributed by atoms with Gasteiger partial charge in [-0.05, 0) is 55.9 Å². The summed E-state index contributed by atoms with van der Waals surface area (Å²) in [7, 11) is 0. The molecular weight excluding hydrogens is 477 g/mol. The van der Waals surface area contributed by atoms with Crippen LogP contribution >= 0.6 is 23.1 Å². The fourth-order valence-corrected chi connectivity index (χ4v) is 6.69. The summed E-state index contributed by atoms with van der Waals surface area (Å²) < 4.78 is 0. The van der Waals surface area contributed by atoms with E-state index in [1.54, 1.807) is 11.3 Å². The van der Waals surface area contributed by atoms with Crippen LogP contribution in [0.5, 0.6) is 0 Å². The minimum Gasteiger partial charge on any atom is -0.277 e. The zero-order valence-corrected chi connectivity index (χ0v) is 21.2. The number of thiazole rings is 1. The molecule has 0 bridgehead atoms. The molecule has 0 N–H and O–H groups in total. The van der Waals surface area contributed by atoms with E-state index in [4.69, 9.17) is 4.99 Å². The first-order chi connectivity index (χ1) is 17.9. The molecule has 2 heterocycles. The number of thioether (sulfide) groups is 1. The number of benzene rings is 5. The van der Waals surface area contributed by atoms with Gasteiger partial charge < -0.3 is 0 Å². The maximum atomic E-state index is 4.78. The van der Waals surface area contributed by atoms with Crippen LogP contribution in [0.25, 0.3) is 54.4 Å². The van der Waals surface area contributed by atoms with Crippen molar-refractivity contribution in [3.63, 3.8) is 0 Å². The predicted molar refractivity (Wildman–Crippen MR) is 157 cm³/mol. The van der Waals surface area contributed by atoms with Gasteiger partial charge in [0.15, 0.2) is 0 Å². The van der Waals surface area contributed by atoms with Gasteiger partial charge in [-0.3, -0.25) is 4.99 Å². The Kier molecular flexibility index (Phi) is 5.42. The van der Waals surface area contributed by atoms with E-state index in [-0.39, 0.29) is 0 Å². The first-order valence-electron chi connectivity index (χ1n) is 12.1. The lowest BCUT2D eigenvalue weighted by Crippen LogP contribution is -1.96. The molecule has 1 aliphatic rings. The average molecular weight is 499 g/mol. The molecule has 0 radical (unpaired) electrons. The van der Waals surface area contributed by atoms with Gasteiger partial charge in [0.2, 0.25) is 0 Å². The Hall–Kier alpha value is -3.73. The van der Waals surface area contributed by atoms with Gasteiger partial charge in [0.1, 0.15) is 5.01 Å². The van der Waals surface area contributed by atoms with Crippen LogP contribution in [0.15, 0.2) is 114 Å². The van der Waals surface area contributed by atoms with Crippen molar-refractivity contribution >= 4 is 49.7 Å². The highest BCUT2D eigenvalue weighted by molar-refractivity contribution is 8.14. The summed E-state index contributed by atoms with van der Waals surface area (Å²) in [5, 5.41) is 9.27. The van der Waals surface area contributed by atoms with Crippen LogP contribution in [0.4, 0.5) is 0 Å². The lowest BCUT2D eigenvalue weighted by atomic mass is 9.85. The summed E-state index contributed by atoms with van der Waals surface area (Å²) in [5.74, 6) is 1.06. The lowest BCUT2D eigenvalue weighted by Gasteiger charge is -2.19. The molecule has 0 amide bonds. The maximum Gasteiger partial charge on any atom is 0.123 e. The molecule has 172 valence electrons. The Morgan fingerprint density at radius 3 is 1.78 bits per heavy atom. The number of hydrogen-bond acceptors (Lipinski definition) is 4. The molecule has 4 heteroatoms. The van der Waals surface area contributed by atoms with Crippen LogP contribution in [-0.2, 0) is 0 Å². The smallest absolute Gasteiger partial charge is 0.123 e. The molecule has 0 saturated carbocycles. The van der Waals surface area contributed by atoms with Crippen LogP contribution in [0.3, 0.4) is 0 Å². The highest BCUT2D eigenvalue weighted by Crippen LogP contribution is 2.45. The number of aliphatic imine (C=N–C) groups is 1. The molecule has 1 aliphatic heterocycles. The number of nitrogens with zero attached hydrogens (tertiary/aromatic N) is 2. The molecule has 5 aromatic carbocycles. The van der Waals surface area contributed by atoms with Crippen molar-refractivity contribution in [3.8, 4) is 32.8 Å². The minimum atomic E-state index is 0.897. The number of rotatable bonds is 4. The molecule has 0 aliphatic carbocycles.